The predicted molar refractivity (Wildman–Crippen MR) is 123 cm³/mol. The Labute approximate surface area is 179 Å². The van der Waals surface area contributed by atoms with Crippen molar-refractivity contribution in [1.29, 1.82) is 0 Å². The Kier molecular flexibility index (Phi) is 5.97. The second-order valence-electron chi connectivity index (χ2n) is 8.74. The SMILES string of the molecule is CC(C)Oc1ccc(-c2nc3ccc(N)cn3c2CN(C)C2CCN(C)CC2)cc1. The van der Waals surface area contributed by atoms with Gasteiger partial charge in [0.2, 0.25) is 0 Å². The number of hydrogen-bond donors (Lipinski definition) is 1. The van der Waals surface area contributed by atoms with Gasteiger partial charge >= 0.3 is 0 Å². The number of rotatable bonds is 6. The number of hydrogen-bond acceptors (Lipinski definition) is 5. The topological polar surface area (TPSA) is 59.0 Å². The highest BCUT2D eigenvalue weighted by atomic mass is 16.5. The molecule has 0 bridgehead atoms. The molecule has 0 radical (unpaired) electrons. The molecule has 0 saturated carbocycles. The van der Waals surface area contributed by atoms with Gasteiger partial charge in [-0.1, -0.05) is 0 Å². The van der Waals surface area contributed by atoms with Crippen LogP contribution in [0.25, 0.3) is 16.9 Å². The van der Waals surface area contributed by atoms with Gasteiger partial charge in [0.25, 0.3) is 0 Å². The number of nitrogens with two attached hydrogens (primary N) is 1. The highest BCUT2D eigenvalue weighted by Gasteiger charge is 2.23. The number of benzene rings is 1. The first-order valence-electron chi connectivity index (χ1n) is 10.8. The fraction of sp³-hybridized carbons (Fsp3) is 0.458. The van der Waals surface area contributed by atoms with Gasteiger partial charge in [-0.25, -0.2) is 4.98 Å². The molecule has 2 N–H and O–H groups in total. The largest absolute Gasteiger partial charge is 0.491 e. The van der Waals surface area contributed by atoms with Gasteiger partial charge in [-0.05, 0) is 90.3 Å². The summed E-state index contributed by atoms with van der Waals surface area (Å²) in [5.74, 6) is 0.881. The number of nitrogen functional groups attached to an aromatic ring is 1. The van der Waals surface area contributed by atoms with E-state index in [-0.39, 0.29) is 6.10 Å². The van der Waals surface area contributed by atoms with Crippen molar-refractivity contribution in [2.75, 3.05) is 32.9 Å². The lowest BCUT2D eigenvalue weighted by molar-refractivity contribution is 0.138. The zero-order valence-electron chi connectivity index (χ0n) is 18.5. The van der Waals surface area contributed by atoms with Gasteiger partial charge in [-0.2, -0.15) is 0 Å². The van der Waals surface area contributed by atoms with Crippen LogP contribution in [0.1, 0.15) is 32.4 Å². The van der Waals surface area contributed by atoms with Crippen molar-refractivity contribution < 1.29 is 4.74 Å². The summed E-state index contributed by atoms with van der Waals surface area (Å²) in [4.78, 5) is 9.84. The van der Waals surface area contributed by atoms with Crippen molar-refractivity contribution >= 4 is 11.3 Å². The lowest BCUT2D eigenvalue weighted by atomic mass is 10.0. The number of nitrogens with zero attached hydrogens (tertiary/aromatic N) is 4. The van der Waals surface area contributed by atoms with Crippen LogP contribution in [0, 0.1) is 0 Å². The first-order valence-corrected chi connectivity index (χ1v) is 10.8. The molecule has 160 valence electrons. The molecule has 0 amide bonds. The van der Waals surface area contributed by atoms with Gasteiger partial charge in [-0.3, -0.25) is 4.90 Å². The average Bonchev–Trinajstić information content (AvgIpc) is 3.06. The first kappa shape index (κ1) is 20.7. The molecule has 3 heterocycles. The van der Waals surface area contributed by atoms with E-state index >= 15 is 0 Å². The summed E-state index contributed by atoms with van der Waals surface area (Å²) in [5.41, 5.74) is 11.1. The minimum absolute atomic E-state index is 0.160. The smallest absolute Gasteiger partial charge is 0.137 e. The van der Waals surface area contributed by atoms with Crippen LogP contribution >= 0.6 is 0 Å². The van der Waals surface area contributed by atoms with Crippen molar-refractivity contribution in [3.8, 4) is 17.0 Å². The van der Waals surface area contributed by atoms with Crippen LogP contribution in [0.2, 0.25) is 0 Å². The van der Waals surface area contributed by atoms with Crippen LogP contribution < -0.4 is 10.5 Å². The summed E-state index contributed by atoms with van der Waals surface area (Å²) in [5, 5.41) is 0. The monoisotopic (exact) mass is 407 g/mol. The number of pyridine rings is 1. The number of fused-ring (bicyclic) bond motifs is 1. The van der Waals surface area contributed by atoms with Crippen molar-refractivity contribution in [1.82, 2.24) is 19.2 Å². The van der Waals surface area contributed by atoms with Gasteiger partial charge in [0.05, 0.1) is 17.5 Å². The fourth-order valence-electron chi connectivity index (χ4n) is 4.26. The summed E-state index contributed by atoms with van der Waals surface area (Å²) >= 11 is 0. The van der Waals surface area contributed by atoms with Crippen molar-refractivity contribution in [2.24, 2.45) is 0 Å². The standard InChI is InChI=1S/C24H33N5O/c1-17(2)30-21-8-5-18(6-9-21)24-22(29-15-19(25)7-10-23(29)26-24)16-28(4)20-11-13-27(3)14-12-20/h5-10,15,17,20H,11-14,16,25H2,1-4H3. The number of piperidine rings is 1. The van der Waals surface area contributed by atoms with Crippen LogP contribution in [0.4, 0.5) is 5.69 Å². The molecule has 1 fully saturated rings. The molecule has 6 nitrogen and oxygen atoms in total. The Morgan fingerprint density at radius 2 is 1.83 bits per heavy atom. The fourth-order valence-corrected chi connectivity index (χ4v) is 4.26. The molecule has 0 spiro atoms. The molecule has 6 heteroatoms. The zero-order valence-corrected chi connectivity index (χ0v) is 18.5. The van der Waals surface area contributed by atoms with Crippen LogP contribution in [-0.4, -0.2) is 58.5 Å². The summed E-state index contributed by atoms with van der Waals surface area (Å²) in [7, 11) is 4.43. The van der Waals surface area contributed by atoms with Gasteiger partial charge in [0.15, 0.2) is 0 Å². The number of aromatic nitrogens is 2. The molecule has 1 aromatic carbocycles. The maximum Gasteiger partial charge on any atom is 0.137 e. The predicted octanol–water partition coefficient (Wildman–Crippen LogP) is 3.90. The zero-order chi connectivity index (χ0) is 21.3. The third-order valence-corrected chi connectivity index (χ3v) is 5.95. The Hall–Kier alpha value is -2.57. The third kappa shape index (κ3) is 4.45. The Balaban J connectivity index is 1.67. The van der Waals surface area contributed by atoms with E-state index in [1.54, 1.807) is 0 Å². The van der Waals surface area contributed by atoms with E-state index in [2.05, 4.69) is 40.4 Å². The molecule has 0 atom stereocenters. The van der Waals surface area contributed by atoms with Crippen molar-refractivity contribution in [3.05, 3.63) is 48.3 Å². The van der Waals surface area contributed by atoms with E-state index in [9.17, 15) is 0 Å². The number of likely N-dealkylation sites (tertiary alicyclic amines) is 1. The van der Waals surface area contributed by atoms with Crippen LogP contribution in [0.15, 0.2) is 42.6 Å². The van der Waals surface area contributed by atoms with Crippen LogP contribution in [0.3, 0.4) is 0 Å². The number of ether oxygens (including phenoxy) is 1. The first-order chi connectivity index (χ1) is 14.4. The molecule has 30 heavy (non-hydrogen) atoms. The minimum Gasteiger partial charge on any atom is -0.491 e. The van der Waals surface area contributed by atoms with Gasteiger partial charge in [0.1, 0.15) is 11.4 Å². The number of anilines is 1. The summed E-state index contributed by atoms with van der Waals surface area (Å²) in [6.45, 7) is 7.21. The molecule has 2 aromatic heterocycles. The highest BCUT2D eigenvalue weighted by molar-refractivity contribution is 5.68. The molecule has 1 aliphatic heterocycles. The maximum absolute atomic E-state index is 6.11. The van der Waals surface area contributed by atoms with E-state index in [1.165, 1.54) is 18.5 Å². The van der Waals surface area contributed by atoms with E-state index in [0.717, 1.165) is 48.0 Å². The van der Waals surface area contributed by atoms with Crippen molar-refractivity contribution in [3.63, 3.8) is 0 Å². The minimum atomic E-state index is 0.160. The van der Waals surface area contributed by atoms with E-state index < -0.39 is 0 Å². The molecular weight excluding hydrogens is 374 g/mol. The van der Waals surface area contributed by atoms with E-state index in [1.807, 2.05) is 44.3 Å². The summed E-state index contributed by atoms with van der Waals surface area (Å²) < 4.78 is 7.96. The second-order valence-corrected chi connectivity index (χ2v) is 8.74. The highest BCUT2D eigenvalue weighted by Crippen LogP contribution is 2.29. The average molecular weight is 408 g/mol. The normalized spacial score (nSPS) is 16.1. The summed E-state index contributed by atoms with van der Waals surface area (Å²) in [6.07, 6.45) is 4.54. The van der Waals surface area contributed by atoms with Gasteiger partial charge < -0.3 is 19.8 Å². The second kappa shape index (κ2) is 8.66. The number of imidazole rings is 1. The molecule has 1 aliphatic rings. The molecule has 0 unspecified atom stereocenters. The van der Waals surface area contributed by atoms with Crippen LogP contribution in [-0.2, 0) is 6.54 Å². The Bertz CT molecular complexity index is 987. The lowest BCUT2D eigenvalue weighted by Gasteiger charge is -2.35. The molecular formula is C24H33N5O. The Morgan fingerprint density at radius 1 is 1.13 bits per heavy atom. The summed E-state index contributed by atoms with van der Waals surface area (Å²) in [6, 6.07) is 12.7. The Morgan fingerprint density at radius 3 is 2.50 bits per heavy atom. The van der Waals surface area contributed by atoms with Gasteiger partial charge in [-0.15, -0.1) is 0 Å². The van der Waals surface area contributed by atoms with E-state index in [0.29, 0.717) is 6.04 Å². The molecule has 4 rings (SSSR count). The molecule has 3 aromatic rings. The maximum atomic E-state index is 6.11. The van der Waals surface area contributed by atoms with Crippen LogP contribution in [0.5, 0.6) is 5.75 Å². The molecule has 1 saturated heterocycles. The lowest BCUT2D eigenvalue weighted by Crippen LogP contribution is -2.41. The third-order valence-electron chi connectivity index (χ3n) is 5.95. The van der Waals surface area contributed by atoms with E-state index in [4.69, 9.17) is 15.5 Å². The quantitative estimate of drug-likeness (QED) is 0.672. The van der Waals surface area contributed by atoms with Gasteiger partial charge in [0, 0.05) is 30.0 Å². The molecule has 0 aliphatic carbocycles. The van der Waals surface area contributed by atoms with Crippen molar-refractivity contribution in [2.45, 2.75) is 45.4 Å².